The maximum atomic E-state index is 6.04. The Morgan fingerprint density at radius 3 is 2.82 bits per heavy atom. The minimum Gasteiger partial charge on any atom is -0.339 e. The van der Waals surface area contributed by atoms with Crippen molar-refractivity contribution in [2.45, 2.75) is 6.92 Å². The largest absolute Gasteiger partial charge is 0.339 e. The Morgan fingerprint density at radius 1 is 1.29 bits per heavy atom. The SMILES string of the molecule is Cc1c(Cl)cccc1Nc1nc(Cl)ncc1Br. The number of aromatic nitrogens is 2. The summed E-state index contributed by atoms with van der Waals surface area (Å²) >= 11 is 15.1. The zero-order chi connectivity index (χ0) is 12.4. The van der Waals surface area contributed by atoms with E-state index in [4.69, 9.17) is 23.2 Å². The number of hydrogen-bond acceptors (Lipinski definition) is 3. The lowest BCUT2D eigenvalue weighted by atomic mass is 10.2. The van der Waals surface area contributed by atoms with Crippen molar-refractivity contribution < 1.29 is 0 Å². The van der Waals surface area contributed by atoms with Crippen LogP contribution < -0.4 is 5.32 Å². The van der Waals surface area contributed by atoms with Crippen molar-refractivity contribution in [3.63, 3.8) is 0 Å². The molecule has 0 aliphatic heterocycles. The molecule has 0 saturated heterocycles. The van der Waals surface area contributed by atoms with Gasteiger partial charge in [0, 0.05) is 16.9 Å². The monoisotopic (exact) mass is 331 g/mol. The molecule has 0 atom stereocenters. The van der Waals surface area contributed by atoms with Gasteiger partial charge < -0.3 is 5.32 Å². The maximum absolute atomic E-state index is 6.04. The fourth-order valence-corrected chi connectivity index (χ4v) is 1.90. The molecule has 17 heavy (non-hydrogen) atoms. The van der Waals surface area contributed by atoms with E-state index in [0.29, 0.717) is 10.8 Å². The van der Waals surface area contributed by atoms with Gasteiger partial charge in [0.1, 0.15) is 5.82 Å². The molecular formula is C11H8BrCl2N3. The predicted molar refractivity (Wildman–Crippen MR) is 74.2 cm³/mol. The fraction of sp³-hybridized carbons (Fsp3) is 0.0909. The molecule has 2 aromatic rings. The summed E-state index contributed by atoms with van der Waals surface area (Å²) in [6.45, 7) is 1.93. The van der Waals surface area contributed by atoms with Crippen molar-refractivity contribution in [1.29, 1.82) is 0 Å². The molecular weight excluding hydrogens is 325 g/mol. The predicted octanol–water partition coefficient (Wildman–Crippen LogP) is 4.60. The molecule has 0 amide bonds. The lowest BCUT2D eigenvalue weighted by molar-refractivity contribution is 1.15. The summed E-state index contributed by atoms with van der Waals surface area (Å²) in [6.07, 6.45) is 1.59. The zero-order valence-corrected chi connectivity index (χ0v) is 11.9. The third kappa shape index (κ3) is 2.89. The van der Waals surface area contributed by atoms with Crippen LogP contribution in [-0.2, 0) is 0 Å². The van der Waals surface area contributed by atoms with Gasteiger partial charge in [-0.1, -0.05) is 17.7 Å². The van der Waals surface area contributed by atoms with Crippen LogP contribution in [0.1, 0.15) is 5.56 Å². The first-order valence-corrected chi connectivity index (χ1v) is 6.33. The van der Waals surface area contributed by atoms with Gasteiger partial charge in [-0.25, -0.2) is 4.98 Å². The standard InChI is InChI=1S/C11H8BrCl2N3/c1-6-8(13)3-2-4-9(6)16-10-7(12)5-15-11(14)17-10/h2-5H,1H3,(H,15,16,17). The highest BCUT2D eigenvalue weighted by atomic mass is 79.9. The van der Waals surface area contributed by atoms with Gasteiger partial charge in [-0.15, -0.1) is 0 Å². The van der Waals surface area contributed by atoms with Crippen LogP contribution >= 0.6 is 39.1 Å². The molecule has 0 bridgehead atoms. The number of anilines is 2. The van der Waals surface area contributed by atoms with Gasteiger partial charge >= 0.3 is 0 Å². The third-order valence-electron chi connectivity index (χ3n) is 2.24. The molecule has 1 aromatic heterocycles. The van der Waals surface area contributed by atoms with Crippen LogP contribution in [0, 0.1) is 6.92 Å². The van der Waals surface area contributed by atoms with E-state index in [-0.39, 0.29) is 5.28 Å². The molecule has 3 nitrogen and oxygen atoms in total. The Morgan fingerprint density at radius 2 is 2.06 bits per heavy atom. The Labute approximate surface area is 117 Å². The number of rotatable bonds is 2. The van der Waals surface area contributed by atoms with Crippen molar-refractivity contribution in [3.8, 4) is 0 Å². The summed E-state index contributed by atoms with van der Waals surface area (Å²) in [5.41, 5.74) is 1.84. The summed E-state index contributed by atoms with van der Waals surface area (Å²) < 4.78 is 0.737. The minimum atomic E-state index is 0.190. The molecule has 0 unspecified atom stereocenters. The quantitative estimate of drug-likeness (QED) is 0.817. The van der Waals surface area contributed by atoms with Gasteiger partial charge in [0.2, 0.25) is 5.28 Å². The van der Waals surface area contributed by atoms with Crippen molar-refractivity contribution in [3.05, 3.63) is 44.7 Å². The summed E-state index contributed by atoms with van der Waals surface area (Å²) in [7, 11) is 0. The molecule has 1 aromatic carbocycles. The molecule has 1 N–H and O–H groups in total. The third-order valence-corrected chi connectivity index (χ3v) is 3.41. The summed E-state index contributed by atoms with van der Waals surface area (Å²) in [4.78, 5) is 7.95. The van der Waals surface area contributed by atoms with Gasteiger partial charge in [-0.3, -0.25) is 0 Å². The zero-order valence-electron chi connectivity index (χ0n) is 8.84. The van der Waals surface area contributed by atoms with Gasteiger partial charge in [0.25, 0.3) is 0 Å². The summed E-state index contributed by atoms with van der Waals surface area (Å²) in [5, 5.41) is 4.05. The number of nitrogens with zero attached hydrogens (tertiary/aromatic N) is 2. The summed E-state index contributed by atoms with van der Waals surface area (Å²) in [6, 6.07) is 5.63. The Kier molecular flexibility index (Phi) is 3.86. The Hall–Kier alpha value is -0.840. The van der Waals surface area contributed by atoms with E-state index in [9.17, 15) is 0 Å². The molecule has 0 fully saturated rings. The van der Waals surface area contributed by atoms with Crippen LogP contribution in [-0.4, -0.2) is 9.97 Å². The maximum Gasteiger partial charge on any atom is 0.224 e. The van der Waals surface area contributed by atoms with Crippen molar-refractivity contribution in [2.75, 3.05) is 5.32 Å². The van der Waals surface area contributed by atoms with Crippen LogP contribution in [0.15, 0.2) is 28.9 Å². The highest BCUT2D eigenvalue weighted by Crippen LogP contribution is 2.28. The first-order chi connectivity index (χ1) is 8.08. The first-order valence-electron chi connectivity index (χ1n) is 4.78. The Bertz CT molecular complexity index is 560. The van der Waals surface area contributed by atoms with E-state index < -0.39 is 0 Å². The van der Waals surface area contributed by atoms with Crippen LogP contribution in [0.3, 0.4) is 0 Å². The molecule has 0 radical (unpaired) electrons. The molecule has 0 saturated carbocycles. The second-order valence-corrected chi connectivity index (χ2v) is 4.97. The number of halogens is 3. The summed E-state index contributed by atoms with van der Waals surface area (Å²) in [5.74, 6) is 0.607. The van der Waals surface area contributed by atoms with Crippen LogP contribution in [0.4, 0.5) is 11.5 Å². The first kappa shape index (κ1) is 12.6. The molecule has 2 rings (SSSR count). The lowest BCUT2D eigenvalue weighted by Gasteiger charge is -2.10. The number of benzene rings is 1. The smallest absolute Gasteiger partial charge is 0.224 e. The molecule has 6 heteroatoms. The number of hydrogen-bond donors (Lipinski definition) is 1. The lowest BCUT2D eigenvalue weighted by Crippen LogP contribution is -1.98. The van der Waals surface area contributed by atoms with E-state index in [1.807, 2.05) is 25.1 Å². The average molecular weight is 333 g/mol. The van der Waals surface area contributed by atoms with Crippen LogP contribution in [0.25, 0.3) is 0 Å². The van der Waals surface area contributed by atoms with E-state index in [2.05, 4.69) is 31.2 Å². The molecule has 1 heterocycles. The van der Waals surface area contributed by atoms with E-state index in [1.165, 1.54) is 0 Å². The van der Waals surface area contributed by atoms with E-state index in [0.717, 1.165) is 15.7 Å². The highest BCUT2D eigenvalue weighted by molar-refractivity contribution is 9.10. The Balaban J connectivity index is 2.38. The molecule has 0 aliphatic carbocycles. The second kappa shape index (κ2) is 5.21. The van der Waals surface area contributed by atoms with Crippen LogP contribution in [0.5, 0.6) is 0 Å². The van der Waals surface area contributed by atoms with Crippen LogP contribution in [0.2, 0.25) is 10.3 Å². The van der Waals surface area contributed by atoms with Gasteiger partial charge in [0.15, 0.2) is 0 Å². The molecule has 0 aliphatic rings. The van der Waals surface area contributed by atoms with Crippen molar-refractivity contribution in [2.24, 2.45) is 0 Å². The topological polar surface area (TPSA) is 37.8 Å². The van der Waals surface area contributed by atoms with Crippen molar-refractivity contribution >= 4 is 50.6 Å². The van der Waals surface area contributed by atoms with E-state index in [1.54, 1.807) is 6.20 Å². The van der Waals surface area contributed by atoms with E-state index >= 15 is 0 Å². The highest BCUT2D eigenvalue weighted by Gasteiger charge is 2.07. The van der Waals surface area contributed by atoms with Gasteiger partial charge in [0.05, 0.1) is 4.47 Å². The fourth-order valence-electron chi connectivity index (χ4n) is 1.30. The number of nitrogens with one attached hydrogen (secondary N) is 1. The van der Waals surface area contributed by atoms with Crippen molar-refractivity contribution in [1.82, 2.24) is 9.97 Å². The second-order valence-electron chi connectivity index (χ2n) is 3.37. The van der Waals surface area contributed by atoms with Gasteiger partial charge in [-0.05, 0) is 52.2 Å². The average Bonchev–Trinajstić information content (AvgIpc) is 2.30. The van der Waals surface area contributed by atoms with Gasteiger partial charge in [-0.2, -0.15) is 4.98 Å². The normalized spacial score (nSPS) is 10.4. The molecule has 88 valence electrons. The molecule has 0 spiro atoms. The minimum absolute atomic E-state index is 0.190.